The number of nitrogens with one attached hydrogen (secondary N) is 2. The molecule has 12 heteroatoms. The van der Waals surface area contributed by atoms with Gasteiger partial charge in [-0.25, -0.2) is 0 Å². The van der Waals surface area contributed by atoms with Crippen LogP contribution in [0.4, 0.5) is 0 Å². The van der Waals surface area contributed by atoms with Gasteiger partial charge in [0.05, 0.1) is 12.6 Å². The first-order valence-electron chi connectivity index (χ1n) is 27.5. The van der Waals surface area contributed by atoms with Crippen molar-refractivity contribution in [1.29, 1.82) is 0 Å². The van der Waals surface area contributed by atoms with Gasteiger partial charge in [0.15, 0.2) is 0 Å². The van der Waals surface area contributed by atoms with Crippen molar-refractivity contribution in [2.24, 2.45) is 10.8 Å². The van der Waals surface area contributed by atoms with Gasteiger partial charge < -0.3 is 15.1 Å². The Morgan fingerprint density at radius 2 is 0.947 bits per heavy atom. The molecule has 3 aliphatic heterocycles. The average Bonchev–Trinajstić information content (AvgIpc) is 4.20. The summed E-state index contributed by atoms with van der Waals surface area (Å²) in [5, 5.41) is 14.4. The summed E-state index contributed by atoms with van der Waals surface area (Å²) in [4.78, 5) is 39.1. The topological polar surface area (TPSA) is 95.7 Å². The Bertz CT molecular complexity index is 2610. The van der Waals surface area contributed by atoms with Crippen LogP contribution in [0.5, 0.6) is 0 Å². The molecule has 76 heavy (non-hydrogen) atoms. The quantitative estimate of drug-likeness (QED) is 0.0622. The highest BCUT2D eigenvalue weighted by Gasteiger charge is 2.30. The van der Waals surface area contributed by atoms with E-state index in [0.717, 1.165) is 143 Å². The van der Waals surface area contributed by atoms with Gasteiger partial charge in [0.2, 0.25) is 0 Å². The molecule has 0 saturated heterocycles. The monoisotopic (exact) mass is 1110 g/mol. The number of aromatic nitrogens is 2. The van der Waals surface area contributed by atoms with Gasteiger partial charge in [0, 0.05) is 119 Å². The summed E-state index contributed by atoms with van der Waals surface area (Å²) >= 11 is 21.3. The first-order chi connectivity index (χ1) is 36.1. The molecule has 3 aromatic carbocycles. The number of hydrogen-bond acceptors (Lipinski definition) is 7. The molecule has 3 unspecified atom stereocenters. The predicted molar refractivity (Wildman–Crippen MR) is 320 cm³/mol. The maximum absolute atomic E-state index is 11.7. The zero-order valence-corrected chi connectivity index (χ0v) is 48.5. The minimum atomic E-state index is -0.195. The molecule has 0 spiro atoms. The van der Waals surface area contributed by atoms with E-state index < -0.39 is 0 Å². The molecule has 3 N–H and O–H groups in total. The van der Waals surface area contributed by atoms with Crippen LogP contribution in [0.3, 0.4) is 0 Å². The number of aliphatic hydroxyl groups is 1. The summed E-state index contributed by atoms with van der Waals surface area (Å²) in [6.45, 7) is 17.7. The predicted octanol–water partition coefficient (Wildman–Crippen LogP) is 16.8. The van der Waals surface area contributed by atoms with E-state index in [-0.39, 0.29) is 42.5 Å². The number of benzene rings is 3. The first kappa shape index (κ1) is 61.2. The van der Waals surface area contributed by atoms with Gasteiger partial charge >= 0.3 is 0 Å². The Kier molecular flexibility index (Phi) is 23.6. The minimum absolute atomic E-state index is 0. The van der Waals surface area contributed by atoms with Crippen LogP contribution in [-0.2, 0) is 48.5 Å². The third kappa shape index (κ3) is 16.5. The van der Waals surface area contributed by atoms with Crippen molar-refractivity contribution in [2.75, 3.05) is 26.2 Å². The van der Waals surface area contributed by atoms with Crippen LogP contribution in [-0.4, -0.2) is 67.6 Å². The fourth-order valence-corrected chi connectivity index (χ4v) is 12.7. The number of carbonyl (C=O) groups is 2. The lowest BCUT2D eigenvalue weighted by molar-refractivity contribution is -0.125. The summed E-state index contributed by atoms with van der Waals surface area (Å²) < 4.78 is 0. The molecule has 3 aromatic heterocycles. The largest absolute Gasteiger partial charge is 0.394 e. The molecule has 412 valence electrons. The van der Waals surface area contributed by atoms with Crippen LogP contribution in [0.2, 0.25) is 15.1 Å². The maximum Gasteiger partial charge on any atom is 0.135 e. The normalized spacial score (nSPS) is 16.1. The number of halogens is 3. The molecule has 6 heterocycles. The van der Waals surface area contributed by atoms with Crippen molar-refractivity contribution in [3.8, 4) is 0 Å². The molecular formula is C64H86Cl3N5O3S. The SMILES string of the molecule is C.CC(=O)C(C)(C)CCCCCC(c1ccccc1Cl)N1CCc2[nH]ccc2C1.CC(=O)C(C)(C)CCCCCC(c1ccccc1Cl)N1CCc2[nH]ccc2C1.OCC(c1ccccc1Cl)N1CCc2sccc2C1. The van der Waals surface area contributed by atoms with Gasteiger partial charge in [0.1, 0.15) is 11.6 Å². The van der Waals surface area contributed by atoms with Crippen LogP contribution in [0.25, 0.3) is 0 Å². The standard InChI is InChI=1S/2C24H33ClN2O.C15H16ClNOS.CH4/c2*1-18(28)24(2,3)14-8-4-5-11-23(20-9-6-7-10-21(20)25)27-16-13-22-19(17-27)12-15-26-22;16-13-4-2-1-3-12(13)14(10-18)17-7-5-15-11(9-17)6-8-19-15;/h2*6-7,9-10,12,15,23,26H,4-5,8,11,13-14,16-17H2,1-3H3;1-4,6,8,14,18H,5,7,9-10H2;1H4. The first-order valence-corrected chi connectivity index (χ1v) is 29.5. The lowest BCUT2D eigenvalue weighted by Crippen LogP contribution is -2.35. The Labute approximate surface area is 474 Å². The second-order valence-corrected chi connectivity index (χ2v) is 24.6. The molecular weight excluding hydrogens is 1030 g/mol. The molecule has 0 fully saturated rings. The van der Waals surface area contributed by atoms with E-state index in [1.807, 2.05) is 59.9 Å². The Hall–Kier alpha value is -4.03. The summed E-state index contributed by atoms with van der Waals surface area (Å²) in [5.41, 5.74) is 10.1. The fraction of sp³-hybridized carbons (Fsp3) is 0.500. The average molecular weight is 1110 g/mol. The molecule has 8 nitrogen and oxygen atoms in total. The van der Waals surface area contributed by atoms with Crippen molar-refractivity contribution in [3.05, 3.63) is 173 Å². The van der Waals surface area contributed by atoms with E-state index in [0.29, 0.717) is 12.1 Å². The number of ketones is 2. The molecule has 0 amide bonds. The zero-order chi connectivity index (χ0) is 53.5. The van der Waals surface area contributed by atoms with Crippen molar-refractivity contribution in [2.45, 2.75) is 170 Å². The second-order valence-electron chi connectivity index (χ2n) is 22.4. The number of nitrogens with zero attached hydrogens (tertiary/aromatic N) is 3. The third-order valence-electron chi connectivity index (χ3n) is 16.5. The van der Waals surface area contributed by atoms with Gasteiger partial charge in [-0.2, -0.15) is 0 Å². The lowest BCUT2D eigenvalue weighted by atomic mass is 9.83. The number of aliphatic hydroxyl groups excluding tert-OH is 1. The maximum atomic E-state index is 11.7. The van der Waals surface area contributed by atoms with Crippen LogP contribution in [0.15, 0.2) is 109 Å². The minimum Gasteiger partial charge on any atom is -0.394 e. The molecule has 3 aliphatic rings. The van der Waals surface area contributed by atoms with Crippen molar-refractivity contribution >= 4 is 57.7 Å². The highest BCUT2D eigenvalue weighted by Crippen LogP contribution is 2.38. The van der Waals surface area contributed by atoms with Crippen LogP contribution in [0, 0.1) is 10.8 Å². The van der Waals surface area contributed by atoms with E-state index in [4.69, 9.17) is 34.8 Å². The van der Waals surface area contributed by atoms with Gasteiger partial charge in [-0.15, -0.1) is 11.3 Å². The van der Waals surface area contributed by atoms with Crippen molar-refractivity contribution in [3.63, 3.8) is 0 Å². The number of Topliss-reactive ketones (excluding diaryl/α,β-unsaturated/α-hetero) is 2. The van der Waals surface area contributed by atoms with Crippen molar-refractivity contribution in [1.82, 2.24) is 24.7 Å². The number of fused-ring (bicyclic) bond motifs is 3. The summed E-state index contributed by atoms with van der Waals surface area (Å²) in [6, 6.07) is 31.6. The van der Waals surface area contributed by atoms with E-state index in [1.54, 1.807) is 13.8 Å². The lowest BCUT2D eigenvalue weighted by Gasteiger charge is -2.35. The highest BCUT2D eigenvalue weighted by atomic mass is 35.5. The Morgan fingerprint density at radius 3 is 1.37 bits per heavy atom. The number of rotatable bonds is 21. The van der Waals surface area contributed by atoms with Crippen LogP contribution >= 0.6 is 46.1 Å². The van der Waals surface area contributed by atoms with E-state index in [9.17, 15) is 14.7 Å². The number of carbonyl (C=O) groups excluding carboxylic acids is 2. The fourth-order valence-electron chi connectivity index (χ4n) is 11.0. The van der Waals surface area contributed by atoms with Crippen LogP contribution < -0.4 is 0 Å². The Balaban J connectivity index is 0.000000187. The smallest absolute Gasteiger partial charge is 0.135 e. The molecule has 0 saturated carbocycles. The summed E-state index contributed by atoms with van der Waals surface area (Å²) in [6.07, 6.45) is 18.3. The molecule has 0 bridgehead atoms. The third-order valence-corrected chi connectivity index (χ3v) is 18.5. The van der Waals surface area contributed by atoms with E-state index >= 15 is 0 Å². The zero-order valence-electron chi connectivity index (χ0n) is 45.4. The molecule has 0 aliphatic carbocycles. The summed E-state index contributed by atoms with van der Waals surface area (Å²) in [5.74, 6) is 0.578. The van der Waals surface area contributed by atoms with Crippen LogP contribution in [0.1, 0.15) is 181 Å². The van der Waals surface area contributed by atoms with Gasteiger partial charge in [-0.1, -0.05) is 163 Å². The number of H-pyrrole nitrogens is 2. The molecule has 6 aromatic rings. The molecule has 9 rings (SSSR count). The van der Waals surface area contributed by atoms with Gasteiger partial charge in [-0.3, -0.25) is 24.3 Å². The van der Waals surface area contributed by atoms with E-state index in [1.165, 1.54) is 44.1 Å². The highest BCUT2D eigenvalue weighted by molar-refractivity contribution is 7.10. The number of unbranched alkanes of at least 4 members (excludes halogenated alkanes) is 4. The van der Waals surface area contributed by atoms with Crippen molar-refractivity contribution < 1.29 is 14.7 Å². The number of hydrogen-bond donors (Lipinski definition) is 3. The Morgan fingerprint density at radius 1 is 0.553 bits per heavy atom. The molecule has 3 atom stereocenters. The van der Waals surface area contributed by atoms with E-state index in [2.05, 4.69) is 113 Å². The number of thiophene rings is 1. The van der Waals surface area contributed by atoms with Gasteiger partial charge in [-0.05, 0) is 121 Å². The number of aromatic amines is 2. The second kappa shape index (κ2) is 29.3. The summed E-state index contributed by atoms with van der Waals surface area (Å²) in [7, 11) is 0. The van der Waals surface area contributed by atoms with Gasteiger partial charge in [0.25, 0.3) is 0 Å². The molecule has 0 radical (unpaired) electrons.